The van der Waals surface area contributed by atoms with Crippen LogP contribution >= 0.6 is 0 Å². The number of amides is 1. The largest absolute Gasteiger partial charge is 0.463 e. The summed E-state index contributed by atoms with van der Waals surface area (Å²) in [4.78, 5) is 26.7. The van der Waals surface area contributed by atoms with Gasteiger partial charge in [0.05, 0.1) is 6.26 Å². The third-order valence-electron chi connectivity index (χ3n) is 5.51. The van der Waals surface area contributed by atoms with Gasteiger partial charge in [0.2, 0.25) is 5.91 Å². The zero-order valence-corrected chi connectivity index (χ0v) is 16.4. The topological polar surface area (TPSA) is 68.3 Å². The van der Waals surface area contributed by atoms with Crippen LogP contribution in [0.3, 0.4) is 0 Å². The van der Waals surface area contributed by atoms with Crippen LogP contribution in [0.1, 0.15) is 24.8 Å². The number of aromatic nitrogens is 2. The normalized spacial score (nSPS) is 14.8. The Hall–Kier alpha value is -3.15. The minimum absolute atomic E-state index is 0.110. The number of likely N-dealkylation sites (tertiary alicyclic amines) is 1. The molecule has 0 unspecified atom stereocenters. The van der Waals surface area contributed by atoms with E-state index in [4.69, 9.17) is 4.42 Å². The van der Waals surface area contributed by atoms with E-state index < -0.39 is 0 Å². The minimum Gasteiger partial charge on any atom is -0.463 e. The van der Waals surface area contributed by atoms with Crippen molar-refractivity contribution in [3.05, 3.63) is 76.8 Å². The smallest absolute Gasteiger partial charge is 0.266 e. The minimum atomic E-state index is -0.110. The van der Waals surface area contributed by atoms with Gasteiger partial charge in [0.15, 0.2) is 5.76 Å². The maximum absolute atomic E-state index is 12.5. The molecule has 0 atom stereocenters. The number of carbonyl (C=O) groups is 1. The highest BCUT2D eigenvalue weighted by molar-refractivity contribution is 5.76. The van der Waals surface area contributed by atoms with Gasteiger partial charge in [0.1, 0.15) is 5.69 Å². The molecule has 150 valence electrons. The van der Waals surface area contributed by atoms with E-state index >= 15 is 0 Å². The second-order valence-corrected chi connectivity index (χ2v) is 7.53. The van der Waals surface area contributed by atoms with Gasteiger partial charge in [0, 0.05) is 32.1 Å². The Labute approximate surface area is 169 Å². The number of furan rings is 1. The van der Waals surface area contributed by atoms with Crippen molar-refractivity contribution in [1.29, 1.82) is 0 Å². The number of hydrogen-bond donors (Lipinski definition) is 0. The van der Waals surface area contributed by atoms with Crippen LogP contribution in [0.15, 0.2) is 70.1 Å². The number of piperidine rings is 1. The van der Waals surface area contributed by atoms with Crippen molar-refractivity contribution in [3.8, 4) is 11.5 Å². The quantitative estimate of drug-likeness (QED) is 0.646. The van der Waals surface area contributed by atoms with Gasteiger partial charge in [-0.3, -0.25) is 9.59 Å². The van der Waals surface area contributed by atoms with E-state index in [1.165, 1.54) is 16.3 Å². The number of benzene rings is 1. The summed E-state index contributed by atoms with van der Waals surface area (Å²) in [5.74, 6) is 1.20. The predicted octanol–water partition coefficient (Wildman–Crippen LogP) is 3.37. The van der Waals surface area contributed by atoms with Gasteiger partial charge < -0.3 is 9.32 Å². The molecule has 4 rings (SSSR count). The summed E-state index contributed by atoms with van der Waals surface area (Å²) < 4.78 is 6.90. The average Bonchev–Trinajstić information content (AvgIpc) is 3.30. The molecular weight excluding hydrogens is 366 g/mol. The van der Waals surface area contributed by atoms with Gasteiger partial charge in [-0.1, -0.05) is 30.3 Å². The Balaban J connectivity index is 1.30. The summed E-state index contributed by atoms with van der Waals surface area (Å²) in [5.41, 5.74) is 1.74. The summed E-state index contributed by atoms with van der Waals surface area (Å²) in [6, 6.07) is 17.0. The van der Waals surface area contributed by atoms with E-state index in [1.807, 2.05) is 29.2 Å². The van der Waals surface area contributed by atoms with Crippen LogP contribution in [0.4, 0.5) is 0 Å². The molecule has 0 N–H and O–H groups in total. The molecule has 1 saturated heterocycles. The summed E-state index contributed by atoms with van der Waals surface area (Å²) in [7, 11) is 0. The first-order valence-electron chi connectivity index (χ1n) is 10.1. The number of carbonyl (C=O) groups excluding carboxylic acids is 1. The number of hydrogen-bond acceptors (Lipinski definition) is 4. The average molecular weight is 391 g/mol. The van der Waals surface area contributed by atoms with Crippen molar-refractivity contribution in [2.75, 3.05) is 13.1 Å². The van der Waals surface area contributed by atoms with E-state index in [-0.39, 0.29) is 11.5 Å². The summed E-state index contributed by atoms with van der Waals surface area (Å²) in [6.45, 7) is 2.05. The van der Waals surface area contributed by atoms with E-state index in [1.54, 1.807) is 18.4 Å². The summed E-state index contributed by atoms with van der Waals surface area (Å²) >= 11 is 0. The molecule has 0 bridgehead atoms. The fraction of sp³-hybridized carbons (Fsp3) is 0.348. The van der Waals surface area contributed by atoms with Crippen LogP contribution in [0, 0.1) is 5.92 Å². The van der Waals surface area contributed by atoms with Crippen LogP contribution in [0.2, 0.25) is 0 Å². The maximum atomic E-state index is 12.5. The lowest BCUT2D eigenvalue weighted by Crippen LogP contribution is -2.40. The number of nitrogens with zero attached hydrogens (tertiary/aromatic N) is 3. The first-order valence-corrected chi connectivity index (χ1v) is 10.1. The zero-order valence-electron chi connectivity index (χ0n) is 16.4. The molecule has 0 radical (unpaired) electrons. The number of rotatable bonds is 6. The second-order valence-electron chi connectivity index (χ2n) is 7.53. The van der Waals surface area contributed by atoms with E-state index in [0.29, 0.717) is 30.3 Å². The van der Waals surface area contributed by atoms with Gasteiger partial charge in [-0.2, -0.15) is 5.10 Å². The van der Waals surface area contributed by atoms with E-state index in [2.05, 4.69) is 17.2 Å². The van der Waals surface area contributed by atoms with Crippen LogP contribution in [-0.2, 0) is 17.8 Å². The molecule has 1 aromatic carbocycles. The highest BCUT2D eigenvalue weighted by Gasteiger charge is 2.23. The maximum Gasteiger partial charge on any atom is 0.266 e. The van der Waals surface area contributed by atoms with Gasteiger partial charge in [-0.15, -0.1) is 0 Å². The highest BCUT2D eigenvalue weighted by atomic mass is 16.3. The Bertz CT molecular complexity index is 988. The molecule has 29 heavy (non-hydrogen) atoms. The lowest BCUT2D eigenvalue weighted by Gasteiger charge is -2.32. The third-order valence-corrected chi connectivity index (χ3v) is 5.51. The molecular formula is C23H25N3O3. The lowest BCUT2D eigenvalue weighted by molar-refractivity contribution is -0.132. The Morgan fingerprint density at radius 2 is 1.83 bits per heavy atom. The number of aryl methyl sites for hydroxylation is 1. The van der Waals surface area contributed by atoms with Crippen molar-refractivity contribution in [2.24, 2.45) is 5.92 Å². The fourth-order valence-corrected chi connectivity index (χ4v) is 3.80. The molecule has 0 spiro atoms. The molecule has 0 aliphatic carbocycles. The monoisotopic (exact) mass is 391 g/mol. The molecule has 3 heterocycles. The Morgan fingerprint density at radius 1 is 1.03 bits per heavy atom. The molecule has 1 amide bonds. The van der Waals surface area contributed by atoms with Gasteiger partial charge in [-0.05, 0) is 48.9 Å². The molecule has 1 aliphatic heterocycles. The second kappa shape index (κ2) is 8.90. The van der Waals surface area contributed by atoms with Crippen LogP contribution in [0.5, 0.6) is 0 Å². The van der Waals surface area contributed by atoms with E-state index in [0.717, 1.165) is 32.4 Å². The predicted molar refractivity (Wildman–Crippen MR) is 110 cm³/mol. The molecule has 6 nitrogen and oxygen atoms in total. The fourth-order valence-electron chi connectivity index (χ4n) is 3.80. The van der Waals surface area contributed by atoms with Crippen molar-refractivity contribution < 1.29 is 9.21 Å². The molecule has 1 fully saturated rings. The van der Waals surface area contributed by atoms with Crippen molar-refractivity contribution in [2.45, 2.75) is 32.2 Å². The van der Waals surface area contributed by atoms with E-state index in [9.17, 15) is 9.59 Å². The molecule has 0 saturated carbocycles. The van der Waals surface area contributed by atoms with Crippen LogP contribution in [-0.4, -0.2) is 33.7 Å². The molecule has 1 aliphatic rings. The third kappa shape index (κ3) is 4.83. The van der Waals surface area contributed by atoms with Crippen LogP contribution < -0.4 is 5.56 Å². The zero-order chi connectivity index (χ0) is 20.1. The first kappa shape index (κ1) is 19.2. The van der Waals surface area contributed by atoms with Gasteiger partial charge in [-0.25, -0.2) is 4.68 Å². The summed E-state index contributed by atoms with van der Waals surface area (Å²) in [6.07, 6.45) is 4.68. The van der Waals surface area contributed by atoms with Crippen molar-refractivity contribution >= 4 is 5.91 Å². The summed E-state index contributed by atoms with van der Waals surface area (Å²) in [5, 5.41) is 4.46. The molecule has 3 aromatic rings. The molecule has 6 heteroatoms. The highest BCUT2D eigenvalue weighted by Crippen LogP contribution is 2.20. The van der Waals surface area contributed by atoms with Gasteiger partial charge >= 0.3 is 0 Å². The van der Waals surface area contributed by atoms with Crippen molar-refractivity contribution in [3.63, 3.8) is 0 Å². The Morgan fingerprint density at radius 3 is 2.55 bits per heavy atom. The standard InChI is InChI=1S/C23H25N3O3/c27-22(10-8-18-5-2-1-3-6-18)25-14-12-19(13-15-25)17-26-23(28)11-9-20(24-26)21-7-4-16-29-21/h1-7,9,11,16,19H,8,10,12-15,17H2. The SMILES string of the molecule is O=C(CCc1ccccc1)N1CCC(Cn2nc(-c3ccco3)ccc2=O)CC1. The lowest BCUT2D eigenvalue weighted by atomic mass is 9.96. The first-order chi connectivity index (χ1) is 14.2. The molecule has 2 aromatic heterocycles. The van der Waals surface area contributed by atoms with Crippen molar-refractivity contribution in [1.82, 2.24) is 14.7 Å². The Kier molecular flexibility index (Phi) is 5.89. The van der Waals surface area contributed by atoms with Gasteiger partial charge in [0.25, 0.3) is 5.56 Å². The van der Waals surface area contributed by atoms with Crippen LogP contribution in [0.25, 0.3) is 11.5 Å².